The van der Waals surface area contributed by atoms with Crippen molar-refractivity contribution in [2.24, 2.45) is 0 Å². The highest BCUT2D eigenvalue weighted by Crippen LogP contribution is 2.24. The van der Waals surface area contributed by atoms with Crippen LogP contribution in [0, 0.1) is 17.0 Å². The van der Waals surface area contributed by atoms with Gasteiger partial charge in [-0.25, -0.2) is 0 Å². The lowest BCUT2D eigenvalue weighted by Gasteiger charge is -2.04. The molecule has 82 valence electrons. The predicted molar refractivity (Wildman–Crippen MR) is 50.0 cm³/mol. The number of hydrogen-bond acceptors (Lipinski definition) is 5. The lowest BCUT2D eigenvalue weighted by atomic mass is 10.2. The van der Waals surface area contributed by atoms with E-state index in [1.807, 2.05) is 0 Å². The van der Waals surface area contributed by atoms with E-state index in [4.69, 9.17) is 4.55 Å². The number of nitrogens with zero attached hydrogens (tertiary/aromatic N) is 1. The van der Waals surface area contributed by atoms with Crippen LogP contribution in [0.5, 0.6) is 5.75 Å². The molecule has 0 radical (unpaired) electrons. The van der Waals surface area contributed by atoms with Gasteiger partial charge in [0.25, 0.3) is 5.69 Å². The van der Waals surface area contributed by atoms with Crippen molar-refractivity contribution < 1.29 is 22.1 Å². The van der Waals surface area contributed by atoms with E-state index in [0.717, 1.165) is 6.07 Å². The molecular weight excluding hydrogens is 226 g/mol. The maximum atomic E-state index is 10.4. The molecule has 1 N–H and O–H groups in total. The molecule has 0 aromatic heterocycles. The SMILES string of the molecule is Cc1ccc([N+](=O)[O-])cc1OS(=O)(=O)O. The van der Waals surface area contributed by atoms with Gasteiger partial charge in [-0.2, -0.15) is 8.42 Å². The summed E-state index contributed by atoms with van der Waals surface area (Å²) in [5, 5.41) is 10.4. The summed E-state index contributed by atoms with van der Waals surface area (Å²) in [6.45, 7) is 1.49. The lowest BCUT2D eigenvalue weighted by Crippen LogP contribution is -2.07. The highest BCUT2D eigenvalue weighted by molar-refractivity contribution is 7.81. The number of aryl methyl sites for hydroxylation is 1. The number of benzene rings is 1. The van der Waals surface area contributed by atoms with Crippen LogP contribution in [0.2, 0.25) is 0 Å². The van der Waals surface area contributed by atoms with Gasteiger partial charge in [0, 0.05) is 6.07 Å². The fourth-order valence-corrected chi connectivity index (χ4v) is 1.31. The summed E-state index contributed by atoms with van der Waals surface area (Å²) in [5.74, 6) is -0.272. The van der Waals surface area contributed by atoms with Crippen LogP contribution in [-0.2, 0) is 10.4 Å². The highest BCUT2D eigenvalue weighted by Gasteiger charge is 2.14. The van der Waals surface area contributed by atoms with Gasteiger partial charge < -0.3 is 4.18 Å². The zero-order valence-electron chi connectivity index (χ0n) is 7.58. The van der Waals surface area contributed by atoms with Crippen LogP contribution in [-0.4, -0.2) is 17.9 Å². The molecule has 0 heterocycles. The zero-order chi connectivity index (χ0) is 11.6. The number of nitro groups is 1. The minimum atomic E-state index is -4.66. The predicted octanol–water partition coefficient (Wildman–Crippen LogP) is 1.08. The molecule has 0 atom stereocenters. The van der Waals surface area contributed by atoms with Gasteiger partial charge in [0.05, 0.1) is 11.0 Å². The molecule has 0 aliphatic rings. The Balaban J connectivity index is 3.17. The first-order chi connectivity index (χ1) is 6.79. The third-order valence-corrected chi connectivity index (χ3v) is 1.97. The van der Waals surface area contributed by atoms with Gasteiger partial charge in [0.1, 0.15) is 0 Å². The third kappa shape index (κ3) is 3.18. The van der Waals surface area contributed by atoms with Crippen molar-refractivity contribution in [3.05, 3.63) is 33.9 Å². The Bertz CT molecular complexity index is 494. The van der Waals surface area contributed by atoms with E-state index in [-0.39, 0.29) is 11.4 Å². The molecule has 1 aromatic rings. The van der Waals surface area contributed by atoms with Gasteiger partial charge >= 0.3 is 10.4 Å². The summed E-state index contributed by atoms with van der Waals surface area (Å²) in [6, 6.07) is 3.44. The Morgan fingerprint density at radius 1 is 1.47 bits per heavy atom. The third-order valence-electron chi connectivity index (χ3n) is 1.58. The number of hydrogen-bond donors (Lipinski definition) is 1. The second-order valence-electron chi connectivity index (χ2n) is 2.72. The van der Waals surface area contributed by atoms with Crippen LogP contribution in [0.15, 0.2) is 18.2 Å². The summed E-state index contributed by atoms with van der Waals surface area (Å²) >= 11 is 0. The molecule has 0 saturated carbocycles. The van der Waals surface area contributed by atoms with Gasteiger partial charge in [-0.3, -0.25) is 14.7 Å². The normalized spacial score (nSPS) is 11.1. The molecule has 0 aliphatic carbocycles. The standard InChI is InChI=1S/C7H7NO6S/c1-5-2-3-6(8(9)10)4-7(5)14-15(11,12)13/h2-4H,1H3,(H,11,12,13). The van der Waals surface area contributed by atoms with E-state index >= 15 is 0 Å². The van der Waals surface area contributed by atoms with Gasteiger partial charge in [0.2, 0.25) is 0 Å². The van der Waals surface area contributed by atoms with E-state index in [0.29, 0.717) is 5.56 Å². The second-order valence-corrected chi connectivity index (χ2v) is 3.74. The first-order valence-electron chi connectivity index (χ1n) is 3.71. The molecule has 1 rings (SSSR count). The topological polar surface area (TPSA) is 107 Å². The molecule has 0 unspecified atom stereocenters. The van der Waals surface area contributed by atoms with Crippen molar-refractivity contribution in [3.63, 3.8) is 0 Å². The number of rotatable bonds is 3. The van der Waals surface area contributed by atoms with Crippen molar-refractivity contribution >= 4 is 16.1 Å². The molecule has 0 spiro atoms. The Hall–Kier alpha value is -1.67. The number of non-ortho nitro benzene ring substituents is 1. The largest absolute Gasteiger partial charge is 0.446 e. The summed E-state index contributed by atoms with van der Waals surface area (Å²) in [4.78, 5) is 9.67. The molecule has 0 fully saturated rings. The van der Waals surface area contributed by atoms with Crippen LogP contribution in [0.3, 0.4) is 0 Å². The van der Waals surface area contributed by atoms with E-state index in [1.54, 1.807) is 0 Å². The van der Waals surface area contributed by atoms with Crippen molar-refractivity contribution in [2.75, 3.05) is 0 Å². The Morgan fingerprint density at radius 3 is 2.53 bits per heavy atom. The Kier molecular flexibility index (Phi) is 2.91. The molecule has 1 aromatic carbocycles. The Labute approximate surface area is 85.4 Å². The second kappa shape index (κ2) is 3.83. The smallest absolute Gasteiger partial charge is 0.361 e. The van der Waals surface area contributed by atoms with Crippen LogP contribution in [0.25, 0.3) is 0 Å². The molecule has 0 bridgehead atoms. The van der Waals surface area contributed by atoms with Crippen molar-refractivity contribution in [1.82, 2.24) is 0 Å². The van der Waals surface area contributed by atoms with Crippen LogP contribution < -0.4 is 4.18 Å². The molecule has 15 heavy (non-hydrogen) atoms. The van der Waals surface area contributed by atoms with E-state index in [1.165, 1.54) is 19.1 Å². The maximum Gasteiger partial charge on any atom is 0.446 e. The molecule has 7 nitrogen and oxygen atoms in total. The average Bonchev–Trinajstić information content (AvgIpc) is 2.06. The van der Waals surface area contributed by atoms with Gasteiger partial charge in [-0.05, 0) is 18.6 Å². The number of nitro benzene ring substituents is 1. The molecule has 0 amide bonds. The summed E-state index contributed by atoms with van der Waals surface area (Å²) in [6.07, 6.45) is 0. The van der Waals surface area contributed by atoms with Gasteiger partial charge in [-0.1, -0.05) is 0 Å². The van der Waals surface area contributed by atoms with Crippen molar-refractivity contribution in [1.29, 1.82) is 0 Å². The van der Waals surface area contributed by atoms with Crippen LogP contribution >= 0.6 is 0 Å². The zero-order valence-corrected chi connectivity index (χ0v) is 8.39. The monoisotopic (exact) mass is 233 g/mol. The average molecular weight is 233 g/mol. The fraction of sp³-hybridized carbons (Fsp3) is 0.143. The Morgan fingerprint density at radius 2 is 2.07 bits per heavy atom. The van der Waals surface area contributed by atoms with E-state index in [2.05, 4.69) is 4.18 Å². The summed E-state index contributed by atoms with van der Waals surface area (Å²) in [5.41, 5.74) is 0.0393. The van der Waals surface area contributed by atoms with Crippen molar-refractivity contribution in [3.8, 4) is 5.75 Å². The van der Waals surface area contributed by atoms with Crippen LogP contribution in [0.4, 0.5) is 5.69 Å². The first-order valence-corrected chi connectivity index (χ1v) is 5.08. The summed E-state index contributed by atoms with van der Waals surface area (Å²) < 4.78 is 33.3. The minimum Gasteiger partial charge on any atom is -0.361 e. The summed E-state index contributed by atoms with van der Waals surface area (Å²) in [7, 11) is -4.66. The maximum absolute atomic E-state index is 10.4. The molecule has 0 aliphatic heterocycles. The highest BCUT2D eigenvalue weighted by atomic mass is 32.3. The molecule has 8 heteroatoms. The molecule has 0 saturated heterocycles. The minimum absolute atomic E-state index is 0.272. The fourth-order valence-electron chi connectivity index (χ4n) is 0.906. The van der Waals surface area contributed by atoms with Crippen LogP contribution in [0.1, 0.15) is 5.56 Å². The van der Waals surface area contributed by atoms with E-state index < -0.39 is 15.3 Å². The quantitative estimate of drug-likeness (QED) is 0.475. The van der Waals surface area contributed by atoms with E-state index in [9.17, 15) is 18.5 Å². The van der Waals surface area contributed by atoms with Crippen molar-refractivity contribution in [2.45, 2.75) is 6.92 Å². The van der Waals surface area contributed by atoms with Gasteiger partial charge in [0.15, 0.2) is 5.75 Å². The molecular formula is C7H7NO6S. The lowest BCUT2D eigenvalue weighted by molar-refractivity contribution is -0.384. The van der Waals surface area contributed by atoms with Gasteiger partial charge in [-0.15, -0.1) is 0 Å². The first kappa shape index (κ1) is 11.4.